The summed E-state index contributed by atoms with van der Waals surface area (Å²) < 4.78 is 16.3. The van der Waals surface area contributed by atoms with Crippen LogP contribution >= 0.6 is 0 Å². The molecule has 0 spiro atoms. The number of hydrogen-bond donors (Lipinski definition) is 4. The van der Waals surface area contributed by atoms with Gasteiger partial charge in [0, 0.05) is 25.2 Å². The van der Waals surface area contributed by atoms with E-state index in [9.17, 15) is 30.0 Å². The molecule has 4 N–H and O–H groups in total. The molecule has 1 fully saturated rings. The minimum Gasteiger partial charge on any atom is -0.462 e. The maximum Gasteiger partial charge on any atom is 0.306 e. The monoisotopic (exact) mass is 809 g/mol. The summed E-state index contributed by atoms with van der Waals surface area (Å²) in [6.45, 7) is 6.22. The molecule has 9 heteroatoms. The summed E-state index contributed by atoms with van der Waals surface area (Å²) in [4.78, 5) is 24.6. The summed E-state index contributed by atoms with van der Waals surface area (Å²) in [6.07, 6.45) is 35.8. The molecule has 334 valence electrons. The number of carbonyl (C=O) groups is 2. The van der Waals surface area contributed by atoms with Gasteiger partial charge in [0.15, 0.2) is 12.4 Å². The summed E-state index contributed by atoms with van der Waals surface area (Å²) in [6, 6.07) is 0. The van der Waals surface area contributed by atoms with Gasteiger partial charge in [0.1, 0.15) is 6.61 Å². The van der Waals surface area contributed by atoms with Gasteiger partial charge in [-0.2, -0.15) is 0 Å². The molecule has 9 nitrogen and oxygen atoms in total. The molecule has 7 atom stereocenters. The molecule has 0 radical (unpaired) electrons. The molecule has 0 aliphatic carbocycles. The molecule has 0 aromatic carbocycles. The van der Waals surface area contributed by atoms with E-state index in [-0.39, 0.29) is 31.3 Å². The van der Waals surface area contributed by atoms with E-state index >= 15 is 0 Å². The number of esters is 2. The average molecular weight is 809 g/mol. The molecule has 0 bridgehead atoms. The van der Waals surface area contributed by atoms with Crippen LogP contribution in [0.4, 0.5) is 0 Å². The Hall–Kier alpha value is -1.78. The number of unbranched alkanes of at least 4 members (excludes halogenated alkanes) is 20. The lowest BCUT2D eigenvalue weighted by Crippen LogP contribution is -2.43. The third kappa shape index (κ3) is 30.9. The fourth-order valence-corrected chi connectivity index (χ4v) is 7.51. The van der Waals surface area contributed by atoms with Gasteiger partial charge in [-0.05, 0) is 38.0 Å². The molecule has 1 aliphatic rings. The fraction of sp³-hybridized carbons (Fsp3) is 0.875. The molecule has 1 saturated heterocycles. The molecule has 0 aromatic heterocycles. The lowest BCUT2D eigenvalue weighted by molar-refractivity contribution is -0.199. The van der Waals surface area contributed by atoms with Crippen LogP contribution in [0.15, 0.2) is 24.3 Å². The second kappa shape index (κ2) is 37.2. The van der Waals surface area contributed by atoms with Crippen molar-refractivity contribution in [2.24, 2.45) is 11.8 Å². The Morgan fingerprint density at radius 3 is 1.82 bits per heavy atom. The predicted octanol–water partition coefficient (Wildman–Crippen LogP) is 11.0. The van der Waals surface area contributed by atoms with Crippen molar-refractivity contribution in [1.82, 2.24) is 0 Å². The van der Waals surface area contributed by atoms with E-state index in [1.807, 2.05) is 12.2 Å². The topological polar surface area (TPSA) is 143 Å². The summed E-state index contributed by atoms with van der Waals surface area (Å²) in [5, 5.41) is 40.5. The minimum atomic E-state index is -1.05. The first-order chi connectivity index (χ1) is 27.7. The zero-order valence-electron chi connectivity index (χ0n) is 36.8. The van der Waals surface area contributed by atoms with Crippen molar-refractivity contribution in [3.63, 3.8) is 0 Å². The highest BCUT2D eigenvalue weighted by molar-refractivity contribution is 5.70. The largest absolute Gasteiger partial charge is 0.462 e. The number of aliphatic hydroxyl groups excluding tert-OH is 4. The van der Waals surface area contributed by atoms with Crippen LogP contribution in [-0.4, -0.2) is 76.3 Å². The van der Waals surface area contributed by atoms with Crippen LogP contribution in [0.5, 0.6) is 0 Å². The van der Waals surface area contributed by atoms with Crippen LogP contribution in [0.3, 0.4) is 0 Å². The van der Waals surface area contributed by atoms with E-state index in [0.717, 1.165) is 44.4 Å². The summed E-state index contributed by atoms with van der Waals surface area (Å²) in [7, 11) is 0. The van der Waals surface area contributed by atoms with Crippen molar-refractivity contribution < 1.29 is 44.2 Å². The van der Waals surface area contributed by atoms with E-state index in [1.165, 1.54) is 109 Å². The van der Waals surface area contributed by atoms with E-state index in [2.05, 4.69) is 20.8 Å². The molecule has 0 saturated carbocycles. The highest BCUT2D eigenvalue weighted by atomic mass is 16.6. The molecular formula is C48H88O9. The number of ether oxygens (including phenoxy) is 3. The molecule has 2 unspecified atom stereocenters. The highest BCUT2D eigenvalue weighted by Gasteiger charge is 2.35. The molecule has 0 amide bonds. The SMILES string of the molecule is CCCCC[C@H](O)/C=C/[C@H]1OC(O)C[C@H](O)[C@@H]1C/C=C\CCCC(=O)OC[C@H](CO)OC(=O)CCCCCCCCCCCCCCCCCCCCC(C)CC. The van der Waals surface area contributed by atoms with Gasteiger partial charge in [-0.1, -0.05) is 186 Å². The van der Waals surface area contributed by atoms with Crippen LogP contribution in [0, 0.1) is 11.8 Å². The lowest BCUT2D eigenvalue weighted by atomic mass is 9.87. The summed E-state index contributed by atoms with van der Waals surface area (Å²) in [5.41, 5.74) is 0. The van der Waals surface area contributed by atoms with Gasteiger partial charge in [-0.15, -0.1) is 0 Å². The third-order valence-electron chi connectivity index (χ3n) is 11.6. The van der Waals surface area contributed by atoms with Crippen molar-refractivity contribution in [2.75, 3.05) is 13.2 Å². The third-order valence-corrected chi connectivity index (χ3v) is 11.6. The molecule has 0 aromatic rings. The van der Waals surface area contributed by atoms with Gasteiger partial charge < -0.3 is 34.6 Å². The molecular weight excluding hydrogens is 721 g/mol. The van der Waals surface area contributed by atoms with Crippen molar-refractivity contribution in [1.29, 1.82) is 0 Å². The van der Waals surface area contributed by atoms with Crippen molar-refractivity contribution >= 4 is 11.9 Å². The van der Waals surface area contributed by atoms with Crippen LogP contribution < -0.4 is 0 Å². The van der Waals surface area contributed by atoms with Gasteiger partial charge in [0.05, 0.1) is 24.9 Å². The maximum absolute atomic E-state index is 12.3. The predicted molar refractivity (Wildman–Crippen MR) is 232 cm³/mol. The quantitative estimate of drug-likeness (QED) is 0.0272. The Morgan fingerprint density at radius 1 is 0.719 bits per heavy atom. The van der Waals surface area contributed by atoms with Gasteiger partial charge in [-0.25, -0.2) is 0 Å². The molecule has 57 heavy (non-hydrogen) atoms. The fourth-order valence-electron chi connectivity index (χ4n) is 7.51. The Morgan fingerprint density at radius 2 is 1.26 bits per heavy atom. The number of hydrogen-bond acceptors (Lipinski definition) is 9. The van der Waals surface area contributed by atoms with Gasteiger partial charge in [0.2, 0.25) is 0 Å². The average Bonchev–Trinajstić information content (AvgIpc) is 3.19. The minimum absolute atomic E-state index is 0.136. The summed E-state index contributed by atoms with van der Waals surface area (Å²) >= 11 is 0. The lowest BCUT2D eigenvalue weighted by Gasteiger charge is -2.36. The normalized spacial score (nSPS) is 20.3. The number of carbonyl (C=O) groups excluding carboxylic acids is 2. The highest BCUT2D eigenvalue weighted by Crippen LogP contribution is 2.29. The van der Waals surface area contributed by atoms with Crippen molar-refractivity contribution in [3.05, 3.63) is 24.3 Å². The molecule has 1 heterocycles. The standard InChI is InChI=1S/C48H88O9/c1-4-6-25-31-41(50)35-36-45-43(44(51)37-48(54)57-45)32-27-23-24-28-33-46(52)55-39-42(38-49)56-47(53)34-29-22-20-18-16-14-12-10-8-7-9-11-13-15-17-19-21-26-30-40(3)5-2/h23,27,35-36,40-45,48-51,54H,4-22,24-26,28-34,37-39H2,1-3H3/b27-23-,36-35+/t40?,41-,42-,43-,44-,45+,48?/m0/s1. The Labute approximate surface area is 348 Å². The summed E-state index contributed by atoms with van der Waals surface area (Å²) in [5.74, 6) is -0.134. The smallest absolute Gasteiger partial charge is 0.306 e. The van der Waals surface area contributed by atoms with Crippen LogP contribution in [0.25, 0.3) is 0 Å². The Balaban J connectivity index is 2.03. The number of aliphatic hydroxyl groups is 4. The first kappa shape index (κ1) is 53.2. The van der Waals surface area contributed by atoms with Gasteiger partial charge in [0.25, 0.3) is 0 Å². The molecule has 1 rings (SSSR count). The van der Waals surface area contributed by atoms with E-state index < -0.39 is 43.3 Å². The zero-order chi connectivity index (χ0) is 41.8. The van der Waals surface area contributed by atoms with Crippen molar-refractivity contribution in [3.8, 4) is 0 Å². The van der Waals surface area contributed by atoms with Crippen LogP contribution in [-0.2, 0) is 23.8 Å². The van der Waals surface area contributed by atoms with E-state index in [4.69, 9.17) is 14.2 Å². The van der Waals surface area contributed by atoms with Crippen LogP contribution in [0.2, 0.25) is 0 Å². The van der Waals surface area contributed by atoms with Gasteiger partial charge in [-0.3, -0.25) is 9.59 Å². The second-order valence-electron chi connectivity index (χ2n) is 17.0. The second-order valence-corrected chi connectivity index (χ2v) is 17.0. The number of allylic oxidation sites excluding steroid dienone is 2. The first-order valence-corrected chi connectivity index (χ1v) is 23.7. The Bertz CT molecular complexity index is 1000. The van der Waals surface area contributed by atoms with Crippen LogP contribution in [0.1, 0.15) is 213 Å². The van der Waals surface area contributed by atoms with E-state index in [1.54, 1.807) is 12.2 Å². The van der Waals surface area contributed by atoms with Gasteiger partial charge >= 0.3 is 11.9 Å². The zero-order valence-corrected chi connectivity index (χ0v) is 36.8. The van der Waals surface area contributed by atoms with Crippen molar-refractivity contribution in [2.45, 2.75) is 244 Å². The number of rotatable bonds is 38. The first-order valence-electron chi connectivity index (χ1n) is 23.7. The Kier molecular flexibility index (Phi) is 34.8. The molecule has 1 aliphatic heterocycles. The maximum atomic E-state index is 12.3. The van der Waals surface area contributed by atoms with E-state index in [0.29, 0.717) is 32.1 Å².